The van der Waals surface area contributed by atoms with Gasteiger partial charge in [0, 0.05) is 13.1 Å². The monoisotopic (exact) mass is 260 g/mol. The van der Waals surface area contributed by atoms with Gasteiger partial charge in [-0.25, -0.2) is 0 Å². The molecule has 1 aliphatic rings. The fraction of sp³-hybridized carbons (Fsp3) is 0.533. The Kier molecular flexibility index (Phi) is 4.41. The highest BCUT2D eigenvalue weighted by Crippen LogP contribution is 2.25. The first-order valence-electron chi connectivity index (χ1n) is 6.57. The van der Waals surface area contributed by atoms with Gasteiger partial charge in [0.25, 0.3) is 0 Å². The molecule has 0 saturated carbocycles. The van der Waals surface area contributed by atoms with Crippen molar-refractivity contribution in [3.63, 3.8) is 0 Å². The molecule has 1 saturated heterocycles. The van der Waals surface area contributed by atoms with Gasteiger partial charge in [-0.05, 0) is 31.5 Å². The minimum atomic E-state index is -0.222. The van der Waals surface area contributed by atoms with E-state index in [9.17, 15) is 5.26 Å². The number of hydrogen-bond acceptors (Lipinski definition) is 4. The molecule has 3 atom stereocenters. The Morgan fingerprint density at radius 3 is 2.32 bits per heavy atom. The fourth-order valence-electron chi connectivity index (χ4n) is 2.58. The summed E-state index contributed by atoms with van der Waals surface area (Å²) in [4.78, 5) is 2.18. The maximum absolute atomic E-state index is 9.47. The summed E-state index contributed by atoms with van der Waals surface area (Å²) in [5, 5.41) is 9.47. The van der Waals surface area contributed by atoms with Crippen LogP contribution in [0.3, 0.4) is 0 Å². The van der Waals surface area contributed by atoms with Gasteiger partial charge in [0.05, 0.1) is 25.4 Å². The molecule has 102 valence electrons. The molecule has 3 unspecified atom stereocenters. The molecule has 0 bridgehead atoms. The molecule has 0 radical (unpaired) electrons. The summed E-state index contributed by atoms with van der Waals surface area (Å²) in [5.74, 6) is 0.809. The maximum Gasteiger partial charge on any atom is 0.124 e. The number of rotatable bonds is 3. The second kappa shape index (κ2) is 6.05. The minimum absolute atomic E-state index is 0.165. The molecular formula is C15H20N2O2. The molecule has 0 aromatic heterocycles. The molecule has 0 amide bonds. The number of methoxy groups -OCH3 is 1. The van der Waals surface area contributed by atoms with E-state index in [-0.39, 0.29) is 18.2 Å². The van der Waals surface area contributed by atoms with Gasteiger partial charge in [-0.3, -0.25) is 4.90 Å². The molecule has 1 aromatic carbocycles. The highest BCUT2D eigenvalue weighted by atomic mass is 16.5. The van der Waals surface area contributed by atoms with Crippen molar-refractivity contribution in [2.75, 3.05) is 20.2 Å². The molecule has 1 heterocycles. The van der Waals surface area contributed by atoms with Gasteiger partial charge in [-0.2, -0.15) is 5.26 Å². The SMILES string of the molecule is COc1ccc(C(C#N)N2CC(C)OC(C)C2)cc1. The van der Waals surface area contributed by atoms with E-state index in [0.29, 0.717) is 0 Å². The second-order valence-electron chi connectivity index (χ2n) is 5.02. The predicted octanol–water partition coefficient (Wildman–Crippen LogP) is 2.37. The number of morpholine rings is 1. The third-order valence-corrected chi connectivity index (χ3v) is 3.37. The van der Waals surface area contributed by atoms with Gasteiger partial charge in [0.2, 0.25) is 0 Å². The molecule has 0 aliphatic carbocycles. The van der Waals surface area contributed by atoms with Crippen LogP contribution in [0.4, 0.5) is 0 Å². The van der Waals surface area contributed by atoms with Crippen LogP contribution in [0.2, 0.25) is 0 Å². The van der Waals surface area contributed by atoms with Crippen LogP contribution in [0.5, 0.6) is 5.75 Å². The Balaban J connectivity index is 2.16. The lowest BCUT2D eigenvalue weighted by Gasteiger charge is -2.37. The van der Waals surface area contributed by atoms with Crippen molar-refractivity contribution in [3.8, 4) is 11.8 Å². The maximum atomic E-state index is 9.47. The van der Waals surface area contributed by atoms with Crippen LogP contribution in [-0.4, -0.2) is 37.3 Å². The fourth-order valence-corrected chi connectivity index (χ4v) is 2.58. The molecule has 4 heteroatoms. The lowest BCUT2D eigenvalue weighted by atomic mass is 10.0. The zero-order valence-electron chi connectivity index (χ0n) is 11.7. The Morgan fingerprint density at radius 1 is 1.26 bits per heavy atom. The number of benzene rings is 1. The third-order valence-electron chi connectivity index (χ3n) is 3.37. The molecule has 4 nitrogen and oxygen atoms in total. The number of ether oxygens (including phenoxy) is 2. The van der Waals surface area contributed by atoms with Crippen molar-refractivity contribution < 1.29 is 9.47 Å². The summed E-state index contributed by atoms with van der Waals surface area (Å²) in [6, 6.07) is 9.88. The first kappa shape index (κ1) is 13.9. The molecule has 0 N–H and O–H groups in total. The van der Waals surface area contributed by atoms with Gasteiger partial charge in [-0.1, -0.05) is 12.1 Å². The summed E-state index contributed by atoms with van der Waals surface area (Å²) in [6.45, 7) is 5.67. The zero-order valence-corrected chi connectivity index (χ0v) is 11.7. The lowest BCUT2D eigenvalue weighted by Crippen LogP contribution is -2.46. The van der Waals surface area contributed by atoms with Crippen LogP contribution in [0, 0.1) is 11.3 Å². The van der Waals surface area contributed by atoms with Crippen LogP contribution < -0.4 is 4.74 Å². The molecule has 0 spiro atoms. The van der Waals surface area contributed by atoms with E-state index < -0.39 is 0 Å². The van der Waals surface area contributed by atoms with E-state index in [2.05, 4.69) is 11.0 Å². The van der Waals surface area contributed by atoms with Gasteiger partial charge in [0.15, 0.2) is 0 Å². The number of nitrogens with zero attached hydrogens (tertiary/aromatic N) is 2. The van der Waals surface area contributed by atoms with E-state index in [1.54, 1.807) is 7.11 Å². The van der Waals surface area contributed by atoms with Crippen molar-refractivity contribution in [3.05, 3.63) is 29.8 Å². The van der Waals surface area contributed by atoms with E-state index in [1.165, 1.54) is 0 Å². The normalized spacial score (nSPS) is 25.6. The van der Waals surface area contributed by atoms with Crippen molar-refractivity contribution in [1.82, 2.24) is 4.90 Å². The van der Waals surface area contributed by atoms with E-state index in [0.717, 1.165) is 24.4 Å². The van der Waals surface area contributed by atoms with Crippen molar-refractivity contribution >= 4 is 0 Å². The summed E-state index contributed by atoms with van der Waals surface area (Å²) >= 11 is 0. The summed E-state index contributed by atoms with van der Waals surface area (Å²) in [7, 11) is 1.64. The van der Waals surface area contributed by atoms with Crippen LogP contribution in [0.25, 0.3) is 0 Å². The molecule has 1 aliphatic heterocycles. The van der Waals surface area contributed by atoms with Gasteiger partial charge in [0.1, 0.15) is 11.8 Å². The van der Waals surface area contributed by atoms with E-state index in [1.807, 2.05) is 38.1 Å². The Hall–Kier alpha value is -1.57. The molecule has 1 fully saturated rings. The summed E-state index contributed by atoms with van der Waals surface area (Å²) in [5.41, 5.74) is 1.00. The zero-order chi connectivity index (χ0) is 13.8. The molecule has 19 heavy (non-hydrogen) atoms. The van der Waals surface area contributed by atoms with Crippen LogP contribution in [-0.2, 0) is 4.74 Å². The predicted molar refractivity (Wildman–Crippen MR) is 72.9 cm³/mol. The van der Waals surface area contributed by atoms with E-state index in [4.69, 9.17) is 9.47 Å². The Bertz CT molecular complexity index is 442. The summed E-state index contributed by atoms with van der Waals surface area (Å²) in [6.07, 6.45) is 0.329. The largest absolute Gasteiger partial charge is 0.497 e. The number of hydrogen-bond donors (Lipinski definition) is 0. The molecule has 2 rings (SSSR count). The first-order chi connectivity index (χ1) is 9.13. The third kappa shape index (κ3) is 3.25. The highest BCUT2D eigenvalue weighted by molar-refractivity contribution is 5.31. The van der Waals surface area contributed by atoms with Crippen molar-refractivity contribution in [2.24, 2.45) is 0 Å². The second-order valence-corrected chi connectivity index (χ2v) is 5.02. The van der Waals surface area contributed by atoms with Crippen LogP contribution in [0.1, 0.15) is 25.5 Å². The molecular weight excluding hydrogens is 240 g/mol. The van der Waals surface area contributed by atoms with Crippen LogP contribution >= 0.6 is 0 Å². The van der Waals surface area contributed by atoms with Gasteiger partial charge in [-0.15, -0.1) is 0 Å². The first-order valence-corrected chi connectivity index (χ1v) is 6.57. The van der Waals surface area contributed by atoms with Crippen molar-refractivity contribution in [1.29, 1.82) is 5.26 Å². The lowest BCUT2D eigenvalue weighted by molar-refractivity contribution is -0.0750. The Morgan fingerprint density at radius 2 is 1.84 bits per heavy atom. The van der Waals surface area contributed by atoms with Gasteiger partial charge < -0.3 is 9.47 Å². The smallest absolute Gasteiger partial charge is 0.124 e. The van der Waals surface area contributed by atoms with Gasteiger partial charge >= 0.3 is 0 Å². The van der Waals surface area contributed by atoms with Crippen molar-refractivity contribution in [2.45, 2.75) is 32.1 Å². The Labute approximate surface area is 114 Å². The quantitative estimate of drug-likeness (QED) is 0.837. The van der Waals surface area contributed by atoms with E-state index >= 15 is 0 Å². The molecule has 1 aromatic rings. The summed E-state index contributed by atoms with van der Waals surface area (Å²) < 4.78 is 10.9. The highest BCUT2D eigenvalue weighted by Gasteiger charge is 2.28. The minimum Gasteiger partial charge on any atom is -0.497 e. The standard InChI is InChI=1S/C15H20N2O2/c1-11-9-17(10-12(2)19-11)15(8-16)13-4-6-14(18-3)7-5-13/h4-7,11-12,15H,9-10H2,1-3H3. The van der Waals surface area contributed by atoms with Crippen LogP contribution in [0.15, 0.2) is 24.3 Å². The average molecular weight is 260 g/mol. The average Bonchev–Trinajstić information content (AvgIpc) is 2.39. The topological polar surface area (TPSA) is 45.5 Å². The number of nitriles is 1.